The standard InChI is InChI=1S/C11H15NO2S/c1-12(2)15(13,14)11-7-9-5-3-4-6-10(9)8-11/h3-6,11H,7-8H2,1-2H3. The molecular weight excluding hydrogens is 210 g/mol. The molecule has 1 aromatic carbocycles. The van der Waals surface area contributed by atoms with Crippen LogP contribution in [0.15, 0.2) is 24.3 Å². The second-order valence-electron chi connectivity index (χ2n) is 4.13. The van der Waals surface area contributed by atoms with Gasteiger partial charge in [0.05, 0.1) is 5.25 Å². The summed E-state index contributed by atoms with van der Waals surface area (Å²) in [7, 11) is 0.0801. The van der Waals surface area contributed by atoms with Crippen molar-refractivity contribution in [2.75, 3.05) is 14.1 Å². The Morgan fingerprint density at radius 2 is 1.60 bits per heavy atom. The van der Waals surface area contributed by atoms with Gasteiger partial charge in [0.2, 0.25) is 10.0 Å². The molecule has 0 amide bonds. The molecule has 15 heavy (non-hydrogen) atoms. The van der Waals surface area contributed by atoms with Gasteiger partial charge in [0.25, 0.3) is 0 Å². The van der Waals surface area contributed by atoms with E-state index in [0.29, 0.717) is 12.8 Å². The third kappa shape index (κ3) is 1.79. The summed E-state index contributed by atoms with van der Waals surface area (Å²) in [4.78, 5) is 0. The van der Waals surface area contributed by atoms with Crippen LogP contribution in [0.5, 0.6) is 0 Å². The SMILES string of the molecule is CN(C)S(=O)(=O)C1Cc2ccccc2C1. The monoisotopic (exact) mass is 225 g/mol. The molecule has 3 nitrogen and oxygen atoms in total. The van der Waals surface area contributed by atoms with Gasteiger partial charge in [-0.1, -0.05) is 24.3 Å². The van der Waals surface area contributed by atoms with E-state index < -0.39 is 10.0 Å². The highest BCUT2D eigenvalue weighted by molar-refractivity contribution is 7.89. The molecule has 1 aliphatic carbocycles. The van der Waals surface area contributed by atoms with E-state index in [2.05, 4.69) is 0 Å². The van der Waals surface area contributed by atoms with Crippen LogP contribution in [0, 0.1) is 0 Å². The first-order chi connectivity index (χ1) is 7.01. The summed E-state index contributed by atoms with van der Waals surface area (Å²) in [6.45, 7) is 0. The second kappa shape index (κ2) is 3.61. The van der Waals surface area contributed by atoms with Gasteiger partial charge >= 0.3 is 0 Å². The minimum atomic E-state index is -3.11. The minimum Gasteiger partial charge on any atom is -0.212 e. The summed E-state index contributed by atoms with van der Waals surface area (Å²) in [6.07, 6.45) is 1.30. The molecule has 0 radical (unpaired) electrons. The molecule has 0 heterocycles. The summed E-state index contributed by atoms with van der Waals surface area (Å²) in [6, 6.07) is 7.95. The van der Waals surface area contributed by atoms with Crippen molar-refractivity contribution in [2.24, 2.45) is 0 Å². The lowest BCUT2D eigenvalue weighted by atomic mass is 10.1. The van der Waals surface area contributed by atoms with Crippen LogP contribution >= 0.6 is 0 Å². The van der Waals surface area contributed by atoms with Crippen LogP contribution in [-0.4, -0.2) is 32.1 Å². The van der Waals surface area contributed by atoms with Gasteiger partial charge in [-0.2, -0.15) is 0 Å². The van der Waals surface area contributed by atoms with Crippen LogP contribution in [0.4, 0.5) is 0 Å². The Bertz CT molecular complexity index is 440. The average molecular weight is 225 g/mol. The van der Waals surface area contributed by atoms with Crippen LogP contribution in [0.25, 0.3) is 0 Å². The van der Waals surface area contributed by atoms with Gasteiger partial charge in [0.1, 0.15) is 0 Å². The number of hydrogen-bond acceptors (Lipinski definition) is 2. The maximum Gasteiger partial charge on any atom is 0.217 e. The topological polar surface area (TPSA) is 37.4 Å². The molecule has 0 saturated heterocycles. The molecule has 0 aliphatic heterocycles. The quantitative estimate of drug-likeness (QED) is 0.754. The van der Waals surface area contributed by atoms with Gasteiger partial charge in [-0.15, -0.1) is 0 Å². The second-order valence-corrected chi connectivity index (χ2v) is 6.55. The first-order valence-corrected chi connectivity index (χ1v) is 6.50. The lowest BCUT2D eigenvalue weighted by molar-refractivity contribution is 0.506. The molecule has 0 spiro atoms. The van der Waals surface area contributed by atoms with E-state index in [4.69, 9.17) is 0 Å². The van der Waals surface area contributed by atoms with E-state index in [1.165, 1.54) is 15.4 Å². The van der Waals surface area contributed by atoms with Crippen molar-refractivity contribution in [1.82, 2.24) is 4.31 Å². The highest BCUT2D eigenvalue weighted by Crippen LogP contribution is 2.27. The van der Waals surface area contributed by atoms with Crippen LogP contribution < -0.4 is 0 Å². The average Bonchev–Trinajstić information content (AvgIpc) is 2.61. The minimum absolute atomic E-state index is 0.273. The maximum atomic E-state index is 11.9. The molecule has 0 atom stereocenters. The molecule has 0 fully saturated rings. The molecular formula is C11H15NO2S. The number of benzene rings is 1. The molecule has 0 bridgehead atoms. The van der Waals surface area contributed by atoms with Crippen molar-refractivity contribution in [3.8, 4) is 0 Å². The highest BCUT2D eigenvalue weighted by Gasteiger charge is 2.33. The fourth-order valence-corrected chi connectivity index (χ4v) is 3.40. The summed E-state index contributed by atoms with van der Waals surface area (Å²) < 4.78 is 25.2. The van der Waals surface area contributed by atoms with Gasteiger partial charge in [0, 0.05) is 14.1 Å². The van der Waals surface area contributed by atoms with E-state index in [1.54, 1.807) is 14.1 Å². The highest BCUT2D eigenvalue weighted by atomic mass is 32.2. The fourth-order valence-electron chi connectivity index (χ4n) is 2.03. The Morgan fingerprint density at radius 3 is 2.00 bits per heavy atom. The van der Waals surface area contributed by atoms with E-state index in [0.717, 1.165) is 0 Å². The Hall–Kier alpha value is -0.870. The molecule has 2 rings (SSSR count). The van der Waals surface area contributed by atoms with Gasteiger partial charge in [-0.25, -0.2) is 12.7 Å². The first kappa shape index (κ1) is 10.6. The van der Waals surface area contributed by atoms with Crippen LogP contribution in [0.1, 0.15) is 11.1 Å². The van der Waals surface area contributed by atoms with E-state index in [-0.39, 0.29) is 5.25 Å². The van der Waals surface area contributed by atoms with Gasteiger partial charge in [-0.05, 0) is 24.0 Å². The molecule has 0 saturated carbocycles. The maximum absolute atomic E-state index is 11.9. The van der Waals surface area contributed by atoms with Crippen molar-refractivity contribution in [3.63, 3.8) is 0 Å². The number of fused-ring (bicyclic) bond motifs is 1. The molecule has 0 N–H and O–H groups in total. The normalized spacial score (nSPS) is 17.0. The van der Waals surface area contributed by atoms with Crippen LogP contribution in [0.2, 0.25) is 0 Å². The van der Waals surface area contributed by atoms with Crippen molar-refractivity contribution in [3.05, 3.63) is 35.4 Å². The van der Waals surface area contributed by atoms with Gasteiger partial charge in [-0.3, -0.25) is 0 Å². The van der Waals surface area contributed by atoms with Crippen molar-refractivity contribution in [2.45, 2.75) is 18.1 Å². The zero-order chi connectivity index (χ0) is 11.1. The number of hydrogen-bond donors (Lipinski definition) is 0. The molecule has 82 valence electrons. The first-order valence-electron chi connectivity index (χ1n) is 5.00. The van der Waals surface area contributed by atoms with E-state index in [9.17, 15) is 8.42 Å². The fraction of sp³-hybridized carbons (Fsp3) is 0.455. The lowest BCUT2D eigenvalue weighted by Crippen LogP contribution is -2.33. The van der Waals surface area contributed by atoms with Crippen molar-refractivity contribution < 1.29 is 8.42 Å². The smallest absolute Gasteiger partial charge is 0.212 e. The summed E-state index contributed by atoms with van der Waals surface area (Å²) in [5.41, 5.74) is 2.35. The van der Waals surface area contributed by atoms with Gasteiger partial charge in [0.15, 0.2) is 0 Å². The largest absolute Gasteiger partial charge is 0.217 e. The van der Waals surface area contributed by atoms with E-state index >= 15 is 0 Å². The predicted molar refractivity (Wildman–Crippen MR) is 60.2 cm³/mol. The molecule has 0 unspecified atom stereocenters. The Labute approximate surface area is 90.8 Å². The molecule has 0 aromatic heterocycles. The van der Waals surface area contributed by atoms with Crippen LogP contribution in [-0.2, 0) is 22.9 Å². The van der Waals surface area contributed by atoms with Crippen LogP contribution in [0.3, 0.4) is 0 Å². The number of nitrogens with zero attached hydrogens (tertiary/aromatic N) is 1. The lowest BCUT2D eigenvalue weighted by Gasteiger charge is -2.16. The Morgan fingerprint density at radius 1 is 1.13 bits per heavy atom. The summed E-state index contributed by atoms with van der Waals surface area (Å²) in [5.74, 6) is 0. The molecule has 1 aliphatic rings. The predicted octanol–water partition coefficient (Wildman–Crippen LogP) is 1.05. The third-order valence-electron chi connectivity index (χ3n) is 2.94. The van der Waals surface area contributed by atoms with Crippen molar-refractivity contribution in [1.29, 1.82) is 0 Å². The zero-order valence-electron chi connectivity index (χ0n) is 8.97. The third-order valence-corrected chi connectivity index (χ3v) is 5.14. The molecule has 4 heteroatoms. The van der Waals surface area contributed by atoms with Gasteiger partial charge < -0.3 is 0 Å². The number of sulfonamides is 1. The Kier molecular flexibility index (Phi) is 2.56. The van der Waals surface area contributed by atoms with E-state index in [1.807, 2.05) is 24.3 Å². The molecule has 1 aromatic rings. The number of rotatable bonds is 2. The Balaban J connectivity index is 2.28. The summed E-state index contributed by atoms with van der Waals surface area (Å²) in [5, 5.41) is -0.273. The summed E-state index contributed by atoms with van der Waals surface area (Å²) >= 11 is 0. The van der Waals surface area contributed by atoms with Crippen molar-refractivity contribution >= 4 is 10.0 Å². The zero-order valence-corrected chi connectivity index (χ0v) is 9.79.